The van der Waals surface area contributed by atoms with Crippen molar-refractivity contribution in [1.82, 2.24) is 0 Å². The van der Waals surface area contributed by atoms with E-state index in [0.29, 0.717) is 0 Å². The van der Waals surface area contributed by atoms with E-state index in [9.17, 15) is 0 Å². The van der Waals surface area contributed by atoms with Gasteiger partial charge < -0.3 is 26.2 Å². The van der Waals surface area contributed by atoms with Gasteiger partial charge in [-0.2, -0.15) is 0 Å². The van der Waals surface area contributed by atoms with Crippen LogP contribution in [0.4, 0.5) is 0 Å². The van der Waals surface area contributed by atoms with Crippen LogP contribution in [0.25, 0.3) is 0 Å². The Morgan fingerprint density at radius 1 is 0.714 bits per heavy atom. The Morgan fingerprint density at radius 3 is 0.714 bits per heavy atom. The van der Waals surface area contributed by atoms with Gasteiger partial charge in [-0.15, -0.1) is 0 Å². The topological polar surface area (TPSA) is 126 Å². The van der Waals surface area contributed by atoms with E-state index in [-0.39, 0.29) is 122 Å². The summed E-state index contributed by atoms with van der Waals surface area (Å²) in [6.45, 7) is 0. The van der Waals surface area contributed by atoms with Gasteiger partial charge in [0.25, 0.3) is 0 Å². The van der Waals surface area contributed by atoms with Crippen molar-refractivity contribution in [3.05, 3.63) is 0 Å². The molecule has 0 radical (unpaired) electrons. The van der Waals surface area contributed by atoms with E-state index in [0.717, 1.165) is 0 Å². The average Bonchev–Trinajstić information content (AvgIpc) is 0. The van der Waals surface area contributed by atoms with Crippen LogP contribution in [0, 0.1) is 0 Å². The van der Waals surface area contributed by atoms with Crippen molar-refractivity contribution in [1.29, 1.82) is 0 Å². The van der Waals surface area contributed by atoms with Crippen molar-refractivity contribution in [3.63, 3.8) is 0 Å². The predicted molar refractivity (Wildman–Crippen MR) is 23.5 cm³/mol. The molecule has 0 aromatic heterocycles. The van der Waals surface area contributed by atoms with Gasteiger partial charge in [0.1, 0.15) is 0 Å². The van der Waals surface area contributed by atoms with Crippen LogP contribution in [-0.2, 0) is 21.7 Å². The zero-order chi connectivity index (χ0) is 0. The van der Waals surface area contributed by atoms with Crippen molar-refractivity contribution in [3.8, 4) is 0 Å². The molecule has 0 aliphatic rings. The molecular formula is H11KMgO4Ti. The Hall–Kier alpha value is 2.96. The Kier molecular flexibility index (Phi) is 847. The molecule has 0 unspecified atom stereocenters. The predicted octanol–water partition coefficient (Wildman–Crippen LogP) is -6.34. The van der Waals surface area contributed by atoms with Crippen LogP contribution in [-0.4, -0.2) is 45.0 Å². The van der Waals surface area contributed by atoms with E-state index in [1.807, 2.05) is 0 Å². The number of rotatable bonds is 0. The van der Waals surface area contributed by atoms with Crippen molar-refractivity contribution in [2.75, 3.05) is 0 Å². The fourth-order valence-electron chi connectivity index (χ4n) is 0. The van der Waals surface area contributed by atoms with Crippen LogP contribution in [0.3, 0.4) is 0 Å². The van der Waals surface area contributed by atoms with Gasteiger partial charge in [-0.05, 0) is 0 Å². The smallest absolute Gasteiger partial charge is 1.00 e. The summed E-state index contributed by atoms with van der Waals surface area (Å²) in [5.41, 5.74) is 0. The standard InChI is InChI=1S/K.Mg.4H2O.Ti.3H/h;;4*1H2;;;;/q+1;+2;;;;;;3*-1. The zero-order valence-corrected chi connectivity index (χ0v) is 10.3. The van der Waals surface area contributed by atoms with Crippen LogP contribution >= 0.6 is 0 Å². The Morgan fingerprint density at radius 2 is 0.714 bits per heavy atom. The minimum absolute atomic E-state index is 0. The molecule has 0 saturated heterocycles. The van der Waals surface area contributed by atoms with Gasteiger partial charge in [0.05, 0.1) is 0 Å². The van der Waals surface area contributed by atoms with Crippen LogP contribution < -0.4 is 51.4 Å². The quantitative estimate of drug-likeness (QED) is 0.334. The molecule has 0 aromatic carbocycles. The van der Waals surface area contributed by atoms with Crippen molar-refractivity contribution >= 4 is 23.1 Å². The minimum Gasteiger partial charge on any atom is -1.00 e. The molecule has 7 heteroatoms. The molecule has 7 heavy (non-hydrogen) atoms. The summed E-state index contributed by atoms with van der Waals surface area (Å²) in [4.78, 5) is 0. The van der Waals surface area contributed by atoms with Gasteiger partial charge in [-0.3, -0.25) is 0 Å². The molecule has 0 aliphatic heterocycles. The molecule has 0 bridgehead atoms. The molecule has 0 aromatic rings. The molecule has 0 fully saturated rings. The second-order valence-corrected chi connectivity index (χ2v) is 0. The summed E-state index contributed by atoms with van der Waals surface area (Å²) in [5, 5.41) is 0. The first-order valence-corrected chi connectivity index (χ1v) is 0. The van der Waals surface area contributed by atoms with Gasteiger partial charge in [-0.25, -0.2) is 0 Å². The third-order valence-electron chi connectivity index (χ3n) is 0. The zero-order valence-electron chi connectivity index (χ0n) is 7.21. The van der Waals surface area contributed by atoms with E-state index >= 15 is 0 Å². The Balaban J connectivity index is 0. The maximum absolute atomic E-state index is 0. The van der Waals surface area contributed by atoms with Gasteiger partial charge in [0.2, 0.25) is 0 Å². The fourth-order valence-corrected chi connectivity index (χ4v) is 0. The molecule has 4 nitrogen and oxygen atoms in total. The summed E-state index contributed by atoms with van der Waals surface area (Å²) in [7, 11) is 0. The minimum atomic E-state index is 0. The Labute approximate surface area is 120 Å². The van der Waals surface area contributed by atoms with Gasteiger partial charge in [0, 0.05) is 21.7 Å². The fraction of sp³-hybridized carbons (Fsp3) is 0. The maximum atomic E-state index is 0. The van der Waals surface area contributed by atoms with Crippen molar-refractivity contribution in [2.24, 2.45) is 0 Å². The number of hydrogen-bond acceptors (Lipinski definition) is 0. The van der Waals surface area contributed by atoms with E-state index in [4.69, 9.17) is 0 Å². The average molecular weight is 186 g/mol. The van der Waals surface area contributed by atoms with Crippen LogP contribution in [0.15, 0.2) is 0 Å². The van der Waals surface area contributed by atoms with Crippen LogP contribution in [0.1, 0.15) is 4.28 Å². The monoisotopic (exact) mass is 186 g/mol. The summed E-state index contributed by atoms with van der Waals surface area (Å²) in [5.74, 6) is 0. The normalized spacial score (nSPS) is 0. The number of hydrogen-bond donors (Lipinski definition) is 0. The largest absolute Gasteiger partial charge is 2.00 e. The molecule has 42 valence electrons. The molecule has 0 amide bonds. The van der Waals surface area contributed by atoms with Gasteiger partial charge in [-0.1, -0.05) is 0 Å². The molecule has 0 aliphatic carbocycles. The van der Waals surface area contributed by atoms with Crippen LogP contribution in [0.5, 0.6) is 0 Å². The van der Waals surface area contributed by atoms with E-state index in [1.165, 1.54) is 0 Å². The maximum Gasteiger partial charge on any atom is 2.00 e. The first kappa shape index (κ1) is 91.4. The molecule has 0 saturated carbocycles. The second kappa shape index (κ2) is 64.9. The molecule has 0 rings (SSSR count). The van der Waals surface area contributed by atoms with Crippen LogP contribution in [0.2, 0.25) is 0 Å². The van der Waals surface area contributed by atoms with Gasteiger partial charge >= 0.3 is 74.4 Å². The van der Waals surface area contributed by atoms with Gasteiger partial charge in [0.15, 0.2) is 0 Å². The molecule has 8 N–H and O–H groups in total. The SMILES string of the molecule is O.O.O.O.[H-].[H-].[H-].[K+].[Mg+2].[Ti]. The first-order chi connectivity index (χ1) is 0. The van der Waals surface area contributed by atoms with E-state index in [2.05, 4.69) is 0 Å². The third-order valence-corrected chi connectivity index (χ3v) is 0. The van der Waals surface area contributed by atoms with Crippen molar-refractivity contribution in [2.45, 2.75) is 0 Å². The van der Waals surface area contributed by atoms with Crippen molar-refractivity contribution < 1.29 is 99.3 Å². The Bertz CT molecular complexity index is 20.5. The molecule has 0 heterocycles. The van der Waals surface area contributed by atoms with E-state index < -0.39 is 0 Å². The molecule has 0 spiro atoms. The summed E-state index contributed by atoms with van der Waals surface area (Å²) in [6.07, 6.45) is 0. The summed E-state index contributed by atoms with van der Waals surface area (Å²) >= 11 is 0. The second-order valence-electron chi connectivity index (χ2n) is 0. The first-order valence-electron chi connectivity index (χ1n) is 0. The molecular weight excluding hydrogens is 175 g/mol. The van der Waals surface area contributed by atoms with E-state index in [1.54, 1.807) is 0 Å². The molecule has 0 atom stereocenters. The summed E-state index contributed by atoms with van der Waals surface area (Å²) < 4.78 is 0. The summed E-state index contributed by atoms with van der Waals surface area (Å²) in [6, 6.07) is 0. The third kappa shape index (κ3) is 49.6.